The Balaban J connectivity index is 2.09. The lowest BCUT2D eigenvalue weighted by Crippen LogP contribution is -2.58. The molecule has 4 nitrogen and oxygen atoms in total. The molecule has 1 saturated carbocycles. The molecule has 21 heavy (non-hydrogen) atoms. The van der Waals surface area contributed by atoms with E-state index in [9.17, 15) is 9.59 Å². The number of nitrogens with one attached hydrogen (secondary N) is 1. The third-order valence-corrected chi connectivity index (χ3v) is 5.65. The summed E-state index contributed by atoms with van der Waals surface area (Å²) in [6, 6.07) is -0.210. The monoisotopic (exact) mass is 314 g/mol. The first-order valence-electron chi connectivity index (χ1n) is 8.13. The van der Waals surface area contributed by atoms with Crippen molar-refractivity contribution in [2.45, 2.75) is 58.4 Å². The summed E-state index contributed by atoms with van der Waals surface area (Å²) >= 11 is 5.74. The fraction of sp³-hybridized carbons (Fsp3) is 0.875. The van der Waals surface area contributed by atoms with Crippen LogP contribution in [0.4, 0.5) is 4.79 Å². The van der Waals surface area contributed by atoms with Crippen LogP contribution in [0.5, 0.6) is 0 Å². The minimum Gasteiger partial charge on any atom is -0.323 e. The van der Waals surface area contributed by atoms with Gasteiger partial charge in [-0.1, -0.05) is 27.2 Å². The molecule has 1 aliphatic carbocycles. The molecule has 0 bridgehead atoms. The number of amides is 3. The maximum Gasteiger partial charge on any atom is 0.325 e. The van der Waals surface area contributed by atoms with Gasteiger partial charge in [0, 0.05) is 12.4 Å². The zero-order valence-electron chi connectivity index (χ0n) is 13.3. The molecule has 3 atom stereocenters. The van der Waals surface area contributed by atoms with E-state index < -0.39 is 5.54 Å². The minimum absolute atomic E-state index is 0.00901. The van der Waals surface area contributed by atoms with Crippen molar-refractivity contribution in [3.05, 3.63) is 0 Å². The molecule has 3 amide bonds. The van der Waals surface area contributed by atoms with Crippen molar-refractivity contribution in [2.75, 3.05) is 12.4 Å². The van der Waals surface area contributed by atoms with Crippen LogP contribution in [0.15, 0.2) is 0 Å². The SMILES string of the molecule is CC(CCCl)CCN1C(=O)NC2(C1=O)C(C)CCCC2C. The van der Waals surface area contributed by atoms with Gasteiger partial charge in [-0.3, -0.25) is 9.69 Å². The number of carbonyl (C=O) groups excluding carboxylic acids is 2. The first kappa shape index (κ1) is 16.6. The Kier molecular flexibility index (Phi) is 5.18. The Labute approximate surface area is 132 Å². The third-order valence-electron chi connectivity index (χ3n) is 5.43. The fourth-order valence-electron chi connectivity index (χ4n) is 3.84. The normalized spacial score (nSPS) is 34.4. The number of imide groups is 1. The maximum atomic E-state index is 12.9. The van der Waals surface area contributed by atoms with Gasteiger partial charge in [0.1, 0.15) is 5.54 Å². The van der Waals surface area contributed by atoms with Gasteiger partial charge in [0.25, 0.3) is 5.91 Å². The van der Waals surface area contributed by atoms with Crippen LogP contribution in [-0.4, -0.2) is 34.8 Å². The second-order valence-corrected chi connectivity index (χ2v) is 7.24. The zero-order chi connectivity index (χ0) is 15.6. The number of rotatable bonds is 5. The van der Waals surface area contributed by atoms with Crippen LogP contribution in [-0.2, 0) is 4.79 Å². The number of halogens is 1. The molecule has 2 fully saturated rings. The molecule has 3 unspecified atom stereocenters. The standard InChI is InChI=1S/C16H27ClN2O2/c1-11(7-9-17)8-10-19-14(20)16(18-15(19)21)12(2)5-4-6-13(16)3/h11-13H,4-10H2,1-3H3,(H,18,21). The van der Waals surface area contributed by atoms with Crippen LogP contribution >= 0.6 is 11.6 Å². The number of hydrogen-bond acceptors (Lipinski definition) is 2. The summed E-state index contributed by atoms with van der Waals surface area (Å²) in [5.74, 6) is 1.47. The van der Waals surface area contributed by atoms with Gasteiger partial charge >= 0.3 is 6.03 Å². The molecule has 0 aromatic rings. The highest BCUT2D eigenvalue weighted by Gasteiger charge is 2.58. The lowest BCUT2D eigenvalue weighted by atomic mass is 9.67. The van der Waals surface area contributed by atoms with Crippen LogP contribution in [0.1, 0.15) is 52.9 Å². The van der Waals surface area contributed by atoms with Crippen LogP contribution in [0.2, 0.25) is 0 Å². The lowest BCUT2D eigenvalue weighted by molar-refractivity contribution is -0.136. The Morgan fingerprint density at radius 3 is 2.48 bits per heavy atom. The van der Waals surface area contributed by atoms with Crippen molar-refractivity contribution < 1.29 is 9.59 Å². The van der Waals surface area contributed by atoms with Crippen molar-refractivity contribution in [1.29, 1.82) is 0 Å². The fourth-order valence-corrected chi connectivity index (χ4v) is 4.21. The molecule has 1 N–H and O–H groups in total. The zero-order valence-corrected chi connectivity index (χ0v) is 14.1. The lowest BCUT2D eigenvalue weighted by Gasteiger charge is -2.42. The summed E-state index contributed by atoms with van der Waals surface area (Å²) < 4.78 is 0. The Morgan fingerprint density at radius 2 is 1.90 bits per heavy atom. The molecule has 1 saturated heterocycles. The number of alkyl halides is 1. The highest BCUT2D eigenvalue weighted by atomic mass is 35.5. The van der Waals surface area contributed by atoms with Gasteiger partial charge in [-0.05, 0) is 43.4 Å². The van der Waals surface area contributed by atoms with E-state index in [1.807, 2.05) is 0 Å². The van der Waals surface area contributed by atoms with Crippen LogP contribution < -0.4 is 5.32 Å². The number of carbonyl (C=O) groups is 2. The number of hydrogen-bond donors (Lipinski definition) is 1. The maximum absolute atomic E-state index is 12.9. The smallest absolute Gasteiger partial charge is 0.323 e. The molecule has 120 valence electrons. The molecule has 0 aromatic heterocycles. The summed E-state index contributed by atoms with van der Waals surface area (Å²) in [5.41, 5.74) is -0.662. The van der Waals surface area contributed by atoms with Crippen molar-refractivity contribution in [2.24, 2.45) is 17.8 Å². The Morgan fingerprint density at radius 1 is 1.29 bits per heavy atom. The van der Waals surface area contributed by atoms with Gasteiger partial charge in [-0.2, -0.15) is 0 Å². The molecule has 1 heterocycles. The van der Waals surface area contributed by atoms with Crippen molar-refractivity contribution in [3.63, 3.8) is 0 Å². The number of nitrogens with zero attached hydrogens (tertiary/aromatic N) is 1. The van der Waals surface area contributed by atoms with Gasteiger partial charge < -0.3 is 5.32 Å². The topological polar surface area (TPSA) is 49.4 Å². The van der Waals surface area contributed by atoms with Crippen molar-refractivity contribution >= 4 is 23.5 Å². The second kappa shape index (κ2) is 6.55. The molecular weight excluding hydrogens is 288 g/mol. The predicted octanol–water partition coefficient (Wildman–Crippen LogP) is 3.39. The van der Waals surface area contributed by atoms with E-state index >= 15 is 0 Å². The molecule has 2 aliphatic rings. The van der Waals surface area contributed by atoms with E-state index in [0.29, 0.717) is 18.3 Å². The van der Waals surface area contributed by atoms with E-state index in [1.165, 1.54) is 4.90 Å². The second-order valence-electron chi connectivity index (χ2n) is 6.86. The van der Waals surface area contributed by atoms with E-state index in [1.54, 1.807) is 0 Å². The van der Waals surface area contributed by atoms with Crippen LogP contribution in [0.25, 0.3) is 0 Å². The van der Waals surface area contributed by atoms with Gasteiger partial charge in [0.2, 0.25) is 0 Å². The average Bonchev–Trinajstić information content (AvgIpc) is 2.67. The summed E-state index contributed by atoms with van der Waals surface area (Å²) in [5, 5.41) is 3.04. The summed E-state index contributed by atoms with van der Waals surface area (Å²) in [6.45, 7) is 6.80. The first-order valence-corrected chi connectivity index (χ1v) is 8.67. The van der Waals surface area contributed by atoms with E-state index in [-0.39, 0.29) is 23.8 Å². The molecule has 5 heteroatoms. The van der Waals surface area contributed by atoms with E-state index in [2.05, 4.69) is 26.1 Å². The Hall–Kier alpha value is -0.770. The molecule has 1 aliphatic heterocycles. The van der Waals surface area contributed by atoms with E-state index in [4.69, 9.17) is 11.6 Å². The van der Waals surface area contributed by atoms with E-state index in [0.717, 1.165) is 32.1 Å². The highest BCUT2D eigenvalue weighted by Crippen LogP contribution is 2.42. The minimum atomic E-state index is -0.662. The number of urea groups is 1. The quantitative estimate of drug-likeness (QED) is 0.624. The summed E-state index contributed by atoms with van der Waals surface area (Å²) in [6.07, 6.45) is 4.90. The molecule has 1 spiro atoms. The van der Waals surface area contributed by atoms with Crippen LogP contribution in [0.3, 0.4) is 0 Å². The predicted molar refractivity (Wildman–Crippen MR) is 84.3 cm³/mol. The van der Waals surface area contributed by atoms with Crippen molar-refractivity contribution in [1.82, 2.24) is 10.2 Å². The van der Waals surface area contributed by atoms with Gasteiger partial charge in [-0.15, -0.1) is 11.6 Å². The Bertz CT molecular complexity index is 403. The molecule has 0 radical (unpaired) electrons. The van der Waals surface area contributed by atoms with Gasteiger partial charge in [-0.25, -0.2) is 4.79 Å². The first-order chi connectivity index (χ1) is 9.93. The summed E-state index contributed by atoms with van der Waals surface area (Å²) in [4.78, 5) is 26.6. The molecule has 0 aromatic carbocycles. The van der Waals surface area contributed by atoms with Crippen LogP contribution in [0, 0.1) is 17.8 Å². The largest absolute Gasteiger partial charge is 0.325 e. The van der Waals surface area contributed by atoms with Gasteiger partial charge in [0.05, 0.1) is 0 Å². The van der Waals surface area contributed by atoms with Gasteiger partial charge in [0.15, 0.2) is 0 Å². The highest BCUT2D eigenvalue weighted by molar-refractivity contribution is 6.17. The average molecular weight is 315 g/mol. The molecule has 2 rings (SSSR count). The summed E-state index contributed by atoms with van der Waals surface area (Å²) in [7, 11) is 0. The molecular formula is C16H27ClN2O2. The van der Waals surface area contributed by atoms with Crippen molar-refractivity contribution in [3.8, 4) is 0 Å². The third kappa shape index (κ3) is 2.92.